The minimum Gasteiger partial charge on any atom is -0.327 e. The molecule has 0 fully saturated rings. The summed E-state index contributed by atoms with van der Waals surface area (Å²) < 4.78 is 0. The molecular formula is C10H19N. The second kappa shape index (κ2) is 2.98. The molecule has 64 valence electrons. The van der Waals surface area contributed by atoms with Crippen LogP contribution < -0.4 is 5.73 Å². The summed E-state index contributed by atoms with van der Waals surface area (Å²) in [6, 6.07) is 0.418. The molecule has 0 saturated heterocycles. The highest BCUT2D eigenvalue weighted by Gasteiger charge is 2.20. The van der Waals surface area contributed by atoms with Gasteiger partial charge < -0.3 is 5.73 Å². The molecule has 0 amide bonds. The summed E-state index contributed by atoms with van der Waals surface area (Å²) in [6.07, 6.45) is 5.77. The van der Waals surface area contributed by atoms with Crippen LogP contribution in [-0.4, -0.2) is 6.04 Å². The maximum atomic E-state index is 5.80. The molecule has 1 rings (SSSR count). The fraction of sp³-hybridized carbons (Fsp3) is 0.800. The first-order valence-electron chi connectivity index (χ1n) is 4.45. The Morgan fingerprint density at radius 3 is 2.45 bits per heavy atom. The first-order valence-corrected chi connectivity index (χ1v) is 4.45. The number of nitrogens with two attached hydrogens (primary N) is 1. The molecule has 11 heavy (non-hydrogen) atoms. The molecule has 0 radical (unpaired) electrons. The van der Waals surface area contributed by atoms with E-state index >= 15 is 0 Å². The van der Waals surface area contributed by atoms with Crippen LogP contribution in [0.4, 0.5) is 0 Å². The highest BCUT2D eigenvalue weighted by Crippen LogP contribution is 2.32. The molecule has 1 nitrogen and oxygen atoms in total. The van der Waals surface area contributed by atoms with Crippen LogP contribution in [0.1, 0.15) is 40.0 Å². The standard InChI is InChI=1S/C10H19N/c1-10(2,3)8-4-6-9(11)7-5-8/h4,9H,5-7,11H2,1-3H3/t9-/m1/s1. The first-order chi connectivity index (χ1) is 5.00. The summed E-state index contributed by atoms with van der Waals surface area (Å²) in [5, 5.41) is 0. The normalized spacial score (nSPS) is 26.5. The van der Waals surface area contributed by atoms with E-state index in [1.807, 2.05) is 0 Å². The predicted molar refractivity (Wildman–Crippen MR) is 49.4 cm³/mol. The van der Waals surface area contributed by atoms with Crippen LogP contribution in [0.5, 0.6) is 0 Å². The van der Waals surface area contributed by atoms with Crippen LogP contribution in [-0.2, 0) is 0 Å². The Bertz CT molecular complexity index is 162. The molecule has 1 atom stereocenters. The van der Waals surface area contributed by atoms with Crippen molar-refractivity contribution in [3.8, 4) is 0 Å². The fourth-order valence-electron chi connectivity index (χ4n) is 1.54. The van der Waals surface area contributed by atoms with E-state index in [0.29, 0.717) is 11.5 Å². The van der Waals surface area contributed by atoms with Gasteiger partial charge in [0.1, 0.15) is 0 Å². The van der Waals surface area contributed by atoms with Crippen molar-refractivity contribution in [1.29, 1.82) is 0 Å². The van der Waals surface area contributed by atoms with Crippen molar-refractivity contribution in [1.82, 2.24) is 0 Å². The van der Waals surface area contributed by atoms with Gasteiger partial charge in [0, 0.05) is 6.04 Å². The highest BCUT2D eigenvalue weighted by atomic mass is 14.6. The lowest BCUT2D eigenvalue weighted by Crippen LogP contribution is -2.24. The van der Waals surface area contributed by atoms with Crippen LogP contribution in [0, 0.1) is 5.41 Å². The van der Waals surface area contributed by atoms with Gasteiger partial charge in [0.2, 0.25) is 0 Å². The minimum absolute atomic E-state index is 0.361. The summed E-state index contributed by atoms with van der Waals surface area (Å²) in [5.41, 5.74) is 7.74. The van der Waals surface area contributed by atoms with E-state index < -0.39 is 0 Å². The van der Waals surface area contributed by atoms with Crippen LogP contribution in [0.3, 0.4) is 0 Å². The smallest absolute Gasteiger partial charge is 0.00765 e. The summed E-state index contributed by atoms with van der Waals surface area (Å²) in [7, 11) is 0. The van der Waals surface area contributed by atoms with Crippen LogP contribution in [0.25, 0.3) is 0 Å². The van der Waals surface area contributed by atoms with Crippen molar-refractivity contribution >= 4 is 0 Å². The predicted octanol–water partition coefficient (Wildman–Crippen LogP) is 2.47. The molecule has 0 spiro atoms. The Morgan fingerprint density at radius 2 is 2.09 bits per heavy atom. The van der Waals surface area contributed by atoms with Crippen LogP contribution >= 0.6 is 0 Å². The zero-order valence-electron chi connectivity index (χ0n) is 7.85. The maximum absolute atomic E-state index is 5.80. The molecule has 1 aliphatic rings. The molecule has 0 aromatic carbocycles. The Labute approximate surface area is 69.7 Å². The third-order valence-corrected chi connectivity index (χ3v) is 2.41. The van der Waals surface area contributed by atoms with Crippen LogP contribution in [0.2, 0.25) is 0 Å². The Hall–Kier alpha value is -0.300. The lowest BCUT2D eigenvalue weighted by atomic mass is 9.79. The molecule has 0 bridgehead atoms. The lowest BCUT2D eigenvalue weighted by Gasteiger charge is -2.28. The van der Waals surface area contributed by atoms with Crippen molar-refractivity contribution in [3.05, 3.63) is 11.6 Å². The third-order valence-electron chi connectivity index (χ3n) is 2.41. The number of rotatable bonds is 0. The van der Waals surface area contributed by atoms with Crippen molar-refractivity contribution < 1.29 is 0 Å². The van der Waals surface area contributed by atoms with Gasteiger partial charge in [-0.1, -0.05) is 32.4 Å². The van der Waals surface area contributed by atoms with Crippen molar-refractivity contribution in [2.45, 2.75) is 46.1 Å². The highest BCUT2D eigenvalue weighted by molar-refractivity contribution is 5.14. The summed E-state index contributed by atoms with van der Waals surface area (Å²) >= 11 is 0. The largest absolute Gasteiger partial charge is 0.327 e. The van der Waals surface area contributed by atoms with Gasteiger partial charge in [-0.2, -0.15) is 0 Å². The van der Waals surface area contributed by atoms with Crippen molar-refractivity contribution in [3.63, 3.8) is 0 Å². The maximum Gasteiger partial charge on any atom is 0.00765 e. The Kier molecular flexibility index (Phi) is 2.38. The SMILES string of the molecule is CC(C)(C)C1=CC[C@@H](N)CC1. The molecule has 1 aliphatic carbocycles. The van der Waals surface area contributed by atoms with E-state index in [1.54, 1.807) is 5.57 Å². The van der Waals surface area contributed by atoms with Gasteiger partial charge in [-0.15, -0.1) is 0 Å². The zero-order chi connectivity index (χ0) is 8.48. The summed E-state index contributed by atoms with van der Waals surface area (Å²) in [6.45, 7) is 6.82. The van der Waals surface area contributed by atoms with E-state index in [-0.39, 0.29) is 0 Å². The number of allylic oxidation sites excluding steroid dienone is 1. The second-order valence-electron chi connectivity index (χ2n) is 4.51. The molecule has 0 saturated carbocycles. The van der Waals surface area contributed by atoms with Gasteiger partial charge >= 0.3 is 0 Å². The third kappa shape index (κ3) is 2.33. The Balaban J connectivity index is 2.62. The molecule has 0 aromatic heterocycles. The molecule has 0 aromatic rings. The topological polar surface area (TPSA) is 26.0 Å². The van der Waals surface area contributed by atoms with Crippen molar-refractivity contribution in [2.75, 3.05) is 0 Å². The molecule has 0 unspecified atom stereocenters. The second-order valence-corrected chi connectivity index (χ2v) is 4.51. The van der Waals surface area contributed by atoms with Gasteiger partial charge in [0.25, 0.3) is 0 Å². The van der Waals surface area contributed by atoms with Crippen molar-refractivity contribution in [2.24, 2.45) is 11.1 Å². The van der Waals surface area contributed by atoms with E-state index in [0.717, 1.165) is 6.42 Å². The van der Waals surface area contributed by atoms with Gasteiger partial charge in [0.05, 0.1) is 0 Å². The monoisotopic (exact) mass is 153 g/mol. The van der Waals surface area contributed by atoms with E-state index in [9.17, 15) is 0 Å². The quantitative estimate of drug-likeness (QED) is 0.531. The van der Waals surface area contributed by atoms with Gasteiger partial charge in [-0.05, 0) is 24.7 Å². The summed E-state index contributed by atoms with van der Waals surface area (Å²) in [4.78, 5) is 0. The van der Waals surface area contributed by atoms with E-state index in [2.05, 4.69) is 26.8 Å². The minimum atomic E-state index is 0.361. The Morgan fingerprint density at radius 1 is 1.45 bits per heavy atom. The van der Waals surface area contributed by atoms with Gasteiger partial charge in [0.15, 0.2) is 0 Å². The molecule has 2 N–H and O–H groups in total. The zero-order valence-corrected chi connectivity index (χ0v) is 7.85. The molecular weight excluding hydrogens is 134 g/mol. The average molecular weight is 153 g/mol. The number of hydrogen-bond donors (Lipinski definition) is 1. The lowest BCUT2D eigenvalue weighted by molar-refractivity contribution is 0.444. The number of hydrogen-bond acceptors (Lipinski definition) is 1. The first kappa shape index (κ1) is 8.79. The average Bonchev–Trinajstić information content (AvgIpc) is 1.86. The van der Waals surface area contributed by atoms with E-state index in [1.165, 1.54) is 12.8 Å². The molecule has 0 aliphatic heterocycles. The van der Waals surface area contributed by atoms with Gasteiger partial charge in [-0.3, -0.25) is 0 Å². The molecule has 1 heteroatoms. The fourth-order valence-corrected chi connectivity index (χ4v) is 1.54. The van der Waals surface area contributed by atoms with Crippen LogP contribution in [0.15, 0.2) is 11.6 Å². The van der Waals surface area contributed by atoms with E-state index in [4.69, 9.17) is 5.73 Å². The summed E-state index contributed by atoms with van der Waals surface area (Å²) in [5.74, 6) is 0. The molecule has 0 heterocycles. The van der Waals surface area contributed by atoms with Gasteiger partial charge in [-0.25, -0.2) is 0 Å².